The van der Waals surface area contributed by atoms with Gasteiger partial charge >= 0.3 is 0 Å². The number of carbonyl (C=O) groups excluding carboxylic acids is 2. The minimum atomic E-state index is -0.227. The maximum atomic E-state index is 12.4. The first-order valence-corrected chi connectivity index (χ1v) is 10.9. The first kappa shape index (κ1) is 20.7. The van der Waals surface area contributed by atoms with Crippen LogP contribution in [-0.2, 0) is 4.79 Å². The third-order valence-electron chi connectivity index (χ3n) is 4.43. The highest BCUT2D eigenvalue weighted by atomic mass is 79.9. The Morgan fingerprint density at radius 1 is 1.18 bits per heavy atom. The van der Waals surface area contributed by atoms with Gasteiger partial charge in [0.25, 0.3) is 5.91 Å². The minimum absolute atomic E-state index is 0.00699. The average Bonchev–Trinajstić information content (AvgIpc) is 3.14. The number of hydrogen-bond acceptors (Lipinski definition) is 5. The number of carbonyl (C=O) groups is 2. The summed E-state index contributed by atoms with van der Waals surface area (Å²) < 4.78 is 12.6. The highest BCUT2D eigenvalue weighted by Gasteiger charge is 2.25. The van der Waals surface area contributed by atoms with E-state index in [1.807, 2.05) is 37.3 Å². The quantitative estimate of drug-likeness (QED) is 0.675. The Morgan fingerprint density at radius 3 is 2.54 bits per heavy atom. The van der Waals surface area contributed by atoms with Crippen LogP contribution in [0, 0.1) is 0 Å². The van der Waals surface area contributed by atoms with Crippen molar-refractivity contribution < 1.29 is 19.1 Å². The smallest absolute Gasteiger partial charge is 0.261 e. The van der Waals surface area contributed by atoms with Gasteiger partial charge in [-0.15, -0.1) is 11.3 Å². The van der Waals surface area contributed by atoms with Crippen molar-refractivity contribution in [1.82, 2.24) is 10.2 Å². The number of thiophene rings is 1. The van der Waals surface area contributed by atoms with Gasteiger partial charge in [0.05, 0.1) is 21.8 Å². The van der Waals surface area contributed by atoms with Gasteiger partial charge in [0, 0.05) is 25.9 Å². The van der Waals surface area contributed by atoms with Crippen LogP contribution in [0.25, 0.3) is 0 Å². The molecule has 0 bridgehead atoms. The number of benzene rings is 1. The molecule has 0 aliphatic carbocycles. The Hall–Kier alpha value is -2.06. The number of halogens is 1. The highest BCUT2D eigenvalue weighted by Crippen LogP contribution is 2.29. The summed E-state index contributed by atoms with van der Waals surface area (Å²) >= 11 is 4.67. The largest absolute Gasteiger partial charge is 0.490 e. The topological polar surface area (TPSA) is 67.9 Å². The summed E-state index contributed by atoms with van der Waals surface area (Å²) in [6.45, 7) is 3.76. The van der Waals surface area contributed by atoms with Gasteiger partial charge < -0.3 is 19.7 Å². The normalized spacial score (nSPS) is 14.6. The number of nitrogens with zero attached hydrogens (tertiary/aromatic N) is 1. The Labute approximate surface area is 176 Å². The molecule has 1 fully saturated rings. The fourth-order valence-corrected chi connectivity index (χ4v) is 4.32. The van der Waals surface area contributed by atoms with Crippen LogP contribution in [-0.4, -0.2) is 49.1 Å². The lowest BCUT2D eigenvalue weighted by atomic mass is 10.1. The molecular weight excluding hydrogens is 444 g/mol. The molecular formula is C20H23BrN2O4S. The maximum absolute atomic E-state index is 12.4. The summed E-state index contributed by atoms with van der Waals surface area (Å²) in [5.41, 5.74) is 0. The van der Waals surface area contributed by atoms with E-state index in [0.29, 0.717) is 24.6 Å². The van der Waals surface area contributed by atoms with E-state index in [0.717, 1.165) is 28.1 Å². The van der Waals surface area contributed by atoms with E-state index in [9.17, 15) is 9.59 Å². The number of ether oxygens (including phenoxy) is 2. The fraction of sp³-hybridized carbons (Fsp3) is 0.400. The van der Waals surface area contributed by atoms with Crippen LogP contribution in [0.2, 0.25) is 0 Å². The minimum Gasteiger partial charge on any atom is -0.490 e. The second kappa shape index (κ2) is 9.93. The predicted molar refractivity (Wildman–Crippen MR) is 112 cm³/mol. The fourth-order valence-electron chi connectivity index (χ4n) is 3.02. The predicted octanol–water partition coefficient (Wildman–Crippen LogP) is 3.71. The molecule has 0 atom stereocenters. The average molecular weight is 467 g/mol. The molecule has 6 nitrogen and oxygen atoms in total. The first-order chi connectivity index (χ1) is 13.6. The Kier molecular flexibility index (Phi) is 7.33. The second-order valence-electron chi connectivity index (χ2n) is 6.36. The van der Waals surface area contributed by atoms with Crippen LogP contribution in [0.5, 0.6) is 11.5 Å². The molecule has 1 aromatic heterocycles. The molecule has 1 aliphatic rings. The van der Waals surface area contributed by atoms with Crippen LogP contribution in [0.1, 0.15) is 29.4 Å². The van der Waals surface area contributed by atoms with E-state index >= 15 is 0 Å². The van der Waals surface area contributed by atoms with Gasteiger partial charge in [0.2, 0.25) is 5.91 Å². The van der Waals surface area contributed by atoms with Crippen LogP contribution < -0.4 is 14.8 Å². The summed E-state index contributed by atoms with van der Waals surface area (Å²) in [4.78, 5) is 26.8. The van der Waals surface area contributed by atoms with Gasteiger partial charge in [0.1, 0.15) is 6.10 Å². The Morgan fingerprint density at radius 2 is 1.89 bits per heavy atom. The molecule has 1 saturated heterocycles. The number of para-hydroxylation sites is 2. The lowest BCUT2D eigenvalue weighted by Gasteiger charge is -2.32. The van der Waals surface area contributed by atoms with E-state index in [-0.39, 0.29) is 24.5 Å². The standard InChI is InChI=1S/C20H23BrN2O4S/c1-2-26-15-5-3-4-6-16(15)27-14-9-11-23(12-10-14)19(24)13-22-20(25)17-7-8-18(21)28-17/h3-8,14H,2,9-13H2,1H3,(H,22,25). The van der Waals surface area contributed by atoms with Crippen LogP contribution in [0.3, 0.4) is 0 Å². The lowest BCUT2D eigenvalue weighted by Crippen LogP contribution is -2.46. The molecule has 150 valence electrons. The van der Waals surface area contributed by atoms with Gasteiger partial charge in [-0.25, -0.2) is 0 Å². The van der Waals surface area contributed by atoms with E-state index in [1.54, 1.807) is 11.0 Å². The van der Waals surface area contributed by atoms with Crippen molar-refractivity contribution in [1.29, 1.82) is 0 Å². The summed E-state index contributed by atoms with van der Waals surface area (Å²) in [6.07, 6.45) is 1.54. The molecule has 2 heterocycles. The molecule has 1 N–H and O–H groups in total. The molecule has 0 spiro atoms. The summed E-state index contributed by atoms with van der Waals surface area (Å²) in [7, 11) is 0. The second-order valence-corrected chi connectivity index (χ2v) is 8.83. The van der Waals surface area contributed by atoms with Crippen molar-refractivity contribution in [3.05, 3.63) is 45.1 Å². The third kappa shape index (κ3) is 5.48. The van der Waals surface area contributed by atoms with Crippen molar-refractivity contribution in [2.75, 3.05) is 26.2 Å². The van der Waals surface area contributed by atoms with Crippen LogP contribution >= 0.6 is 27.3 Å². The number of hydrogen-bond donors (Lipinski definition) is 1. The molecule has 1 aromatic carbocycles. The third-order valence-corrected chi connectivity index (χ3v) is 6.06. The van der Waals surface area contributed by atoms with Gasteiger partial charge in [-0.2, -0.15) is 0 Å². The van der Waals surface area contributed by atoms with Gasteiger partial charge in [0.15, 0.2) is 11.5 Å². The molecule has 1 aliphatic heterocycles. The molecule has 8 heteroatoms. The number of nitrogens with one attached hydrogen (secondary N) is 1. The van der Waals surface area contributed by atoms with Crippen molar-refractivity contribution >= 4 is 39.1 Å². The molecule has 28 heavy (non-hydrogen) atoms. The van der Waals surface area contributed by atoms with Crippen LogP contribution in [0.4, 0.5) is 0 Å². The summed E-state index contributed by atoms with van der Waals surface area (Å²) in [5, 5.41) is 2.69. The maximum Gasteiger partial charge on any atom is 0.261 e. The van der Waals surface area contributed by atoms with E-state index < -0.39 is 0 Å². The van der Waals surface area contributed by atoms with E-state index in [4.69, 9.17) is 9.47 Å². The monoisotopic (exact) mass is 466 g/mol. The SMILES string of the molecule is CCOc1ccccc1OC1CCN(C(=O)CNC(=O)c2ccc(Br)s2)CC1. The highest BCUT2D eigenvalue weighted by molar-refractivity contribution is 9.11. The molecule has 2 aromatic rings. The lowest BCUT2D eigenvalue weighted by molar-refractivity contribution is -0.131. The first-order valence-electron chi connectivity index (χ1n) is 9.26. The Balaban J connectivity index is 1.44. The molecule has 0 unspecified atom stereocenters. The number of likely N-dealkylation sites (tertiary alicyclic amines) is 1. The summed E-state index contributed by atoms with van der Waals surface area (Å²) in [5.74, 6) is 1.18. The number of piperidine rings is 1. The molecule has 2 amide bonds. The zero-order valence-corrected chi connectivity index (χ0v) is 18.1. The van der Waals surface area contributed by atoms with Crippen molar-refractivity contribution in [3.63, 3.8) is 0 Å². The van der Waals surface area contributed by atoms with Crippen LogP contribution in [0.15, 0.2) is 40.2 Å². The number of rotatable bonds is 7. The number of amides is 2. The van der Waals surface area contributed by atoms with Gasteiger partial charge in [-0.05, 0) is 47.1 Å². The van der Waals surface area contributed by atoms with Crippen molar-refractivity contribution in [3.8, 4) is 11.5 Å². The van der Waals surface area contributed by atoms with Gasteiger partial charge in [-0.1, -0.05) is 12.1 Å². The van der Waals surface area contributed by atoms with Gasteiger partial charge in [-0.3, -0.25) is 9.59 Å². The molecule has 3 rings (SSSR count). The summed E-state index contributed by atoms with van der Waals surface area (Å²) in [6, 6.07) is 11.2. The van der Waals surface area contributed by atoms with Crippen molar-refractivity contribution in [2.24, 2.45) is 0 Å². The Bertz CT molecular complexity index is 818. The van der Waals surface area contributed by atoms with E-state index in [1.165, 1.54) is 11.3 Å². The zero-order chi connectivity index (χ0) is 19.9. The molecule has 0 radical (unpaired) electrons. The van der Waals surface area contributed by atoms with Crippen molar-refractivity contribution in [2.45, 2.75) is 25.9 Å². The zero-order valence-electron chi connectivity index (χ0n) is 15.7. The van der Waals surface area contributed by atoms with E-state index in [2.05, 4.69) is 21.2 Å². The molecule has 0 saturated carbocycles.